The van der Waals surface area contributed by atoms with Crippen LogP contribution in [0.5, 0.6) is 0 Å². The van der Waals surface area contributed by atoms with Crippen LogP contribution >= 0.6 is 0 Å². The summed E-state index contributed by atoms with van der Waals surface area (Å²) < 4.78 is 45.3. The topological polar surface area (TPSA) is 27.1 Å². The van der Waals surface area contributed by atoms with Gasteiger partial charge in [-0.25, -0.2) is 4.99 Å². The SMILES string of the molecule is CCc1ccc([NH+]=c2cc(-c3ccccc3)oc3cc(C)cc(C)c23)cc1.F[B-](F)(F)F. The zero-order valence-corrected chi connectivity index (χ0v) is 18.1. The second kappa shape index (κ2) is 9.85. The predicted molar refractivity (Wildman–Crippen MR) is 121 cm³/mol. The molecule has 0 atom stereocenters. The first-order valence-corrected chi connectivity index (χ1v) is 10.3. The third-order valence-electron chi connectivity index (χ3n) is 4.91. The van der Waals surface area contributed by atoms with Crippen LogP contribution in [0.1, 0.15) is 23.6 Å². The molecule has 1 heterocycles. The molecule has 0 spiro atoms. The zero-order valence-electron chi connectivity index (χ0n) is 18.1. The fourth-order valence-corrected chi connectivity index (χ4v) is 3.53. The maximum atomic E-state index is 9.75. The van der Waals surface area contributed by atoms with Gasteiger partial charge in [0, 0.05) is 17.7 Å². The number of aryl methyl sites for hydroxylation is 3. The molecule has 1 aromatic heterocycles. The predicted octanol–water partition coefficient (Wildman–Crippen LogP) is 5.89. The van der Waals surface area contributed by atoms with E-state index in [1.54, 1.807) is 0 Å². The molecule has 4 aromatic rings. The molecule has 3 aromatic carbocycles. The molecule has 0 bridgehead atoms. The Labute approximate surface area is 184 Å². The first kappa shape index (κ1) is 23.3. The van der Waals surface area contributed by atoms with Crippen LogP contribution in [0.2, 0.25) is 0 Å². The van der Waals surface area contributed by atoms with Gasteiger partial charge in [0.2, 0.25) is 11.0 Å². The fourth-order valence-electron chi connectivity index (χ4n) is 3.53. The summed E-state index contributed by atoms with van der Waals surface area (Å²) in [7, 11) is -6.00. The molecule has 1 N–H and O–H groups in total. The summed E-state index contributed by atoms with van der Waals surface area (Å²) in [5.41, 5.74) is 6.81. The van der Waals surface area contributed by atoms with E-state index in [1.165, 1.54) is 16.7 Å². The van der Waals surface area contributed by atoms with Crippen LogP contribution in [0.15, 0.2) is 77.2 Å². The van der Waals surface area contributed by atoms with E-state index in [0.29, 0.717) is 0 Å². The Bertz CT molecular complexity index is 1260. The molecule has 0 radical (unpaired) electrons. The Morgan fingerprint density at radius 3 is 2.06 bits per heavy atom. The molecule has 166 valence electrons. The molecule has 32 heavy (non-hydrogen) atoms. The smallest absolute Gasteiger partial charge is 0.456 e. The number of halogens is 4. The molecule has 0 saturated carbocycles. The highest BCUT2D eigenvalue weighted by molar-refractivity contribution is 6.50. The average Bonchev–Trinajstić information content (AvgIpc) is 2.73. The lowest BCUT2D eigenvalue weighted by molar-refractivity contribution is -0.400. The van der Waals surface area contributed by atoms with Gasteiger partial charge in [-0.3, -0.25) is 0 Å². The van der Waals surface area contributed by atoms with Crippen molar-refractivity contribution in [3.63, 3.8) is 0 Å². The van der Waals surface area contributed by atoms with Gasteiger partial charge in [-0.05, 0) is 43.0 Å². The fraction of sp³-hybridized carbons (Fsp3) is 0.160. The molecule has 0 saturated heterocycles. The molecule has 0 aliphatic carbocycles. The molecule has 0 unspecified atom stereocenters. The normalized spacial score (nSPS) is 11.9. The molecule has 0 aliphatic rings. The summed E-state index contributed by atoms with van der Waals surface area (Å²) in [4.78, 5) is 3.61. The van der Waals surface area contributed by atoms with E-state index >= 15 is 0 Å². The van der Waals surface area contributed by atoms with Crippen molar-refractivity contribution in [2.24, 2.45) is 0 Å². The van der Waals surface area contributed by atoms with E-state index in [4.69, 9.17) is 4.42 Å². The number of hydrogen-bond acceptors (Lipinski definition) is 1. The van der Waals surface area contributed by atoms with Crippen molar-refractivity contribution >= 4 is 23.9 Å². The van der Waals surface area contributed by atoms with Gasteiger partial charge in [0.1, 0.15) is 11.3 Å². The van der Waals surface area contributed by atoms with Crippen LogP contribution in [0.3, 0.4) is 0 Å². The van der Waals surface area contributed by atoms with Crippen molar-refractivity contribution in [1.82, 2.24) is 0 Å². The first-order valence-electron chi connectivity index (χ1n) is 10.3. The molecule has 0 fully saturated rings. The van der Waals surface area contributed by atoms with E-state index in [0.717, 1.165) is 39.8 Å². The van der Waals surface area contributed by atoms with Gasteiger partial charge in [-0.1, -0.05) is 55.5 Å². The minimum absolute atomic E-state index is 0.862. The van der Waals surface area contributed by atoms with E-state index < -0.39 is 7.25 Å². The summed E-state index contributed by atoms with van der Waals surface area (Å²) in [6.45, 7) is 6.42. The van der Waals surface area contributed by atoms with Crippen molar-refractivity contribution in [3.8, 4) is 11.3 Å². The monoisotopic (exact) mass is 441 g/mol. The Balaban J connectivity index is 0.000000523. The Kier molecular flexibility index (Phi) is 7.18. The Hall–Kier alpha value is -3.35. The van der Waals surface area contributed by atoms with Crippen molar-refractivity contribution in [2.75, 3.05) is 0 Å². The number of benzene rings is 3. The maximum Gasteiger partial charge on any atom is 0.673 e. The van der Waals surface area contributed by atoms with Gasteiger partial charge in [0.25, 0.3) is 0 Å². The highest BCUT2D eigenvalue weighted by Crippen LogP contribution is 2.24. The van der Waals surface area contributed by atoms with Crippen LogP contribution in [0.25, 0.3) is 22.3 Å². The van der Waals surface area contributed by atoms with Gasteiger partial charge >= 0.3 is 7.25 Å². The average molecular weight is 441 g/mol. The van der Waals surface area contributed by atoms with Gasteiger partial charge in [0.15, 0.2) is 0 Å². The lowest BCUT2D eigenvalue weighted by Crippen LogP contribution is -2.70. The molecular weight excluding hydrogens is 417 g/mol. The summed E-state index contributed by atoms with van der Waals surface area (Å²) in [6, 6.07) is 25.3. The van der Waals surface area contributed by atoms with E-state index in [1.807, 2.05) is 18.2 Å². The summed E-state index contributed by atoms with van der Waals surface area (Å²) >= 11 is 0. The second-order valence-electron chi connectivity index (χ2n) is 7.52. The number of fused-ring (bicyclic) bond motifs is 1. The van der Waals surface area contributed by atoms with Gasteiger partial charge in [0.05, 0.1) is 11.5 Å². The van der Waals surface area contributed by atoms with E-state index in [-0.39, 0.29) is 0 Å². The van der Waals surface area contributed by atoms with Gasteiger partial charge in [-0.15, -0.1) is 0 Å². The van der Waals surface area contributed by atoms with Crippen molar-refractivity contribution in [1.29, 1.82) is 0 Å². The highest BCUT2D eigenvalue weighted by Gasteiger charge is 2.20. The van der Waals surface area contributed by atoms with Gasteiger partial charge in [-0.2, -0.15) is 0 Å². The van der Waals surface area contributed by atoms with Crippen molar-refractivity contribution in [3.05, 3.63) is 94.8 Å². The van der Waals surface area contributed by atoms with Crippen molar-refractivity contribution in [2.45, 2.75) is 27.2 Å². The second-order valence-corrected chi connectivity index (χ2v) is 7.52. The quantitative estimate of drug-likeness (QED) is 0.312. The molecule has 0 amide bonds. The molecule has 0 aliphatic heterocycles. The molecular formula is C25H24BF4NO. The van der Waals surface area contributed by atoms with Crippen LogP contribution in [0, 0.1) is 13.8 Å². The maximum absolute atomic E-state index is 9.75. The standard InChI is InChI=1S/C25H23NO.BF4/c1-4-19-10-12-21(13-11-19)26-22-16-23(20-8-6-5-7-9-20)27-24-15-17(2)14-18(3)25(22)24;2-1(3,4)5/h5-16H,4H2,1-3H3;/q;-1/p+1. The van der Waals surface area contributed by atoms with Crippen molar-refractivity contribution < 1.29 is 26.7 Å². The highest BCUT2D eigenvalue weighted by atomic mass is 19.5. The first-order chi connectivity index (χ1) is 15.1. The lowest BCUT2D eigenvalue weighted by Gasteiger charge is -2.06. The number of nitrogens with one attached hydrogen (secondary N) is 1. The number of hydrogen-bond donors (Lipinski definition) is 1. The molecule has 4 rings (SSSR count). The summed E-state index contributed by atoms with van der Waals surface area (Å²) in [6.07, 6.45) is 1.05. The Morgan fingerprint density at radius 1 is 0.844 bits per heavy atom. The van der Waals surface area contributed by atoms with Gasteiger partial charge < -0.3 is 21.7 Å². The molecule has 2 nitrogen and oxygen atoms in total. The minimum Gasteiger partial charge on any atom is -0.456 e. The summed E-state index contributed by atoms with van der Waals surface area (Å²) in [5, 5.41) is 2.19. The largest absolute Gasteiger partial charge is 0.673 e. The molecule has 7 heteroatoms. The van der Waals surface area contributed by atoms with Crippen LogP contribution in [-0.4, -0.2) is 7.25 Å². The minimum atomic E-state index is -6.00. The van der Waals surface area contributed by atoms with E-state index in [2.05, 4.69) is 80.4 Å². The third kappa shape index (κ3) is 6.33. The zero-order chi connectivity index (χ0) is 23.3. The van der Waals surface area contributed by atoms with Crippen LogP contribution < -0.4 is 10.3 Å². The van der Waals surface area contributed by atoms with E-state index in [9.17, 15) is 17.3 Å². The number of rotatable bonds is 3. The summed E-state index contributed by atoms with van der Waals surface area (Å²) in [5.74, 6) is 0.862. The van der Waals surface area contributed by atoms with Crippen LogP contribution in [0.4, 0.5) is 23.0 Å². The third-order valence-corrected chi connectivity index (χ3v) is 4.91. The lowest BCUT2D eigenvalue weighted by atomic mass is 10.0. The van der Waals surface area contributed by atoms with Crippen LogP contribution in [-0.2, 0) is 6.42 Å². The Morgan fingerprint density at radius 2 is 1.47 bits per heavy atom.